The van der Waals surface area contributed by atoms with Gasteiger partial charge in [-0.15, -0.1) is 0 Å². The van der Waals surface area contributed by atoms with Crippen molar-refractivity contribution in [3.63, 3.8) is 0 Å². The normalized spacial score (nSPS) is 10.9. The van der Waals surface area contributed by atoms with Crippen molar-refractivity contribution in [2.24, 2.45) is 0 Å². The average Bonchev–Trinajstić information content (AvgIpc) is 2.85. The molecule has 0 aliphatic heterocycles. The largest absolute Gasteiger partial charge is 0.478 e. The SMILES string of the molecule is CCCC(Cc1ccccc1)OC(=O)c1ccccc1C(=O)O.O=C(O)c1ccccc1C(=O)O. The minimum atomic E-state index is -1.23. The third-order valence-corrected chi connectivity index (χ3v) is 4.96. The topological polar surface area (TPSA) is 138 Å². The number of benzene rings is 3. The van der Waals surface area contributed by atoms with Crippen LogP contribution in [0.25, 0.3) is 0 Å². The predicted molar refractivity (Wildman–Crippen MR) is 128 cm³/mol. The van der Waals surface area contributed by atoms with Crippen molar-refractivity contribution in [1.29, 1.82) is 0 Å². The molecule has 0 heterocycles. The first-order chi connectivity index (χ1) is 16.7. The predicted octanol–water partition coefficient (Wildman–Crippen LogP) is 5.04. The van der Waals surface area contributed by atoms with Gasteiger partial charge in [0.25, 0.3) is 0 Å². The Balaban J connectivity index is 0.000000303. The molecule has 0 saturated carbocycles. The highest BCUT2D eigenvalue weighted by Crippen LogP contribution is 2.16. The van der Waals surface area contributed by atoms with Crippen LogP contribution in [0.3, 0.4) is 0 Å². The summed E-state index contributed by atoms with van der Waals surface area (Å²) in [4.78, 5) is 44.5. The smallest absolute Gasteiger partial charge is 0.339 e. The lowest BCUT2D eigenvalue weighted by atomic mass is 10.0. The molecule has 0 aliphatic rings. The van der Waals surface area contributed by atoms with Crippen molar-refractivity contribution in [3.8, 4) is 0 Å². The highest BCUT2D eigenvalue weighted by Gasteiger charge is 2.21. The summed E-state index contributed by atoms with van der Waals surface area (Å²) >= 11 is 0. The molecule has 0 saturated heterocycles. The summed E-state index contributed by atoms with van der Waals surface area (Å²) in [5, 5.41) is 26.3. The molecular formula is C27H26O8. The van der Waals surface area contributed by atoms with Crippen molar-refractivity contribution < 1.29 is 39.2 Å². The molecule has 35 heavy (non-hydrogen) atoms. The van der Waals surface area contributed by atoms with E-state index in [1.54, 1.807) is 12.1 Å². The van der Waals surface area contributed by atoms with Crippen LogP contribution in [-0.4, -0.2) is 45.3 Å². The molecule has 3 rings (SSSR count). The van der Waals surface area contributed by atoms with E-state index in [1.165, 1.54) is 36.4 Å². The maximum Gasteiger partial charge on any atom is 0.339 e. The lowest BCUT2D eigenvalue weighted by Gasteiger charge is -2.18. The molecule has 182 valence electrons. The van der Waals surface area contributed by atoms with Gasteiger partial charge in [-0.25, -0.2) is 19.2 Å². The molecular weight excluding hydrogens is 452 g/mol. The Bertz CT molecular complexity index is 1140. The van der Waals surface area contributed by atoms with Crippen LogP contribution in [0.1, 0.15) is 66.8 Å². The Labute approximate surface area is 202 Å². The monoisotopic (exact) mass is 478 g/mol. The molecule has 0 aromatic heterocycles. The summed E-state index contributed by atoms with van der Waals surface area (Å²) in [7, 11) is 0. The Kier molecular flexibility index (Phi) is 10.2. The van der Waals surface area contributed by atoms with Crippen molar-refractivity contribution >= 4 is 23.9 Å². The van der Waals surface area contributed by atoms with Gasteiger partial charge in [-0.3, -0.25) is 0 Å². The number of carbonyl (C=O) groups is 4. The van der Waals surface area contributed by atoms with Gasteiger partial charge >= 0.3 is 23.9 Å². The molecule has 3 aromatic carbocycles. The van der Waals surface area contributed by atoms with Gasteiger partial charge in [0.15, 0.2) is 0 Å². The number of carboxylic acids is 3. The number of esters is 1. The van der Waals surface area contributed by atoms with Crippen LogP contribution in [0.2, 0.25) is 0 Å². The quantitative estimate of drug-likeness (QED) is 0.364. The fraction of sp³-hybridized carbons (Fsp3) is 0.185. The van der Waals surface area contributed by atoms with E-state index >= 15 is 0 Å². The van der Waals surface area contributed by atoms with Crippen LogP contribution in [0.5, 0.6) is 0 Å². The summed E-state index contributed by atoms with van der Waals surface area (Å²) in [5.41, 5.74) is 0.766. The van der Waals surface area contributed by atoms with Gasteiger partial charge in [-0.2, -0.15) is 0 Å². The first kappa shape index (κ1) is 26.8. The second kappa shape index (κ2) is 13.3. The number of carbonyl (C=O) groups excluding carboxylic acids is 1. The van der Waals surface area contributed by atoms with Crippen LogP contribution in [-0.2, 0) is 11.2 Å². The van der Waals surface area contributed by atoms with E-state index in [-0.39, 0.29) is 28.4 Å². The third kappa shape index (κ3) is 8.12. The minimum absolute atomic E-state index is 0.0348. The van der Waals surface area contributed by atoms with E-state index < -0.39 is 23.9 Å². The molecule has 0 fully saturated rings. The van der Waals surface area contributed by atoms with Crippen LogP contribution in [0.4, 0.5) is 0 Å². The molecule has 0 amide bonds. The Hall–Kier alpha value is -4.46. The van der Waals surface area contributed by atoms with Crippen LogP contribution in [0, 0.1) is 0 Å². The van der Waals surface area contributed by atoms with Crippen molar-refractivity contribution in [2.75, 3.05) is 0 Å². The molecule has 1 atom stereocenters. The zero-order valence-electron chi connectivity index (χ0n) is 19.1. The summed E-state index contributed by atoms with van der Waals surface area (Å²) < 4.78 is 5.57. The van der Waals surface area contributed by atoms with Crippen molar-refractivity contribution in [3.05, 3.63) is 107 Å². The minimum Gasteiger partial charge on any atom is -0.478 e. The number of aromatic carboxylic acids is 3. The molecule has 1 unspecified atom stereocenters. The maximum atomic E-state index is 12.4. The van der Waals surface area contributed by atoms with E-state index in [2.05, 4.69) is 0 Å². The first-order valence-corrected chi connectivity index (χ1v) is 10.9. The summed E-state index contributed by atoms with van der Waals surface area (Å²) in [6.07, 6.45) is 1.97. The van der Waals surface area contributed by atoms with E-state index in [0.717, 1.165) is 18.4 Å². The van der Waals surface area contributed by atoms with Gasteiger partial charge in [-0.1, -0.05) is 67.9 Å². The maximum absolute atomic E-state index is 12.4. The van der Waals surface area contributed by atoms with Gasteiger partial charge in [0.05, 0.1) is 22.3 Å². The summed E-state index contributed by atoms with van der Waals surface area (Å²) in [6.45, 7) is 2.02. The van der Waals surface area contributed by atoms with E-state index in [4.69, 9.17) is 14.9 Å². The second-order valence-corrected chi connectivity index (χ2v) is 7.51. The Morgan fingerprint density at radius 3 is 1.49 bits per heavy atom. The number of hydrogen-bond donors (Lipinski definition) is 3. The van der Waals surface area contributed by atoms with E-state index in [0.29, 0.717) is 6.42 Å². The first-order valence-electron chi connectivity index (χ1n) is 10.9. The number of ether oxygens (including phenoxy) is 1. The van der Waals surface area contributed by atoms with Crippen molar-refractivity contribution in [1.82, 2.24) is 0 Å². The van der Waals surface area contributed by atoms with E-state index in [9.17, 15) is 24.3 Å². The molecule has 0 bridgehead atoms. The van der Waals surface area contributed by atoms with Gasteiger partial charge < -0.3 is 20.1 Å². The molecule has 8 nitrogen and oxygen atoms in total. The zero-order valence-corrected chi connectivity index (χ0v) is 19.1. The third-order valence-electron chi connectivity index (χ3n) is 4.96. The van der Waals surface area contributed by atoms with E-state index in [1.807, 2.05) is 37.3 Å². The van der Waals surface area contributed by atoms with Gasteiger partial charge in [0, 0.05) is 6.42 Å². The molecule has 8 heteroatoms. The van der Waals surface area contributed by atoms with Crippen LogP contribution in [0.15, 0.2) is 78.9 Å². The lowest BCUT2D eigenvalue weighted by Crippen LogP contribution is -2.22. The van der Waals surface area contributed by atoms with Gasteiger partial charge in [0.2, 0.25) is 0 Å². The average molecular weight is 478 g/mol. The Morgan fingerprint density at radius 2 is 1.06 bits per heavy atom. The molecule has 3 N–H and O–H groups in total. The Morgan fingerprint density at radius 1 is 0.657 bits per heavy atom. The summed E-state index contributed by atoms with van der Waals surface area (Å²) in [5.74, 6) is -4.17. The molecule has 0 aliphatic carbocycles. The second-order valence-electron chi connectivity index (χ2n) is 7.51. The molecule has 0 radical (unpaired) electrons. The molecule has 3 aromatic rings. The standard InChI is InChI=1S/C19H20O4.C8H6O4/c1-2-8-15(13-14-9-4-3-5-10-14)23-19(22)17-12-7-6-11-16(17)18(20)21;9-7(10)5-3-1-2-4-6(5)8(11)12/h3-7,9-12,15H,2,8,13H2,1H3,(H,20,21);1-4H,(H,9,10)(H,11,12). The fourth-order valence-electron chi connectivity index (χ4n) is 3.32. The number of rotatable bonds is 9. The van der Waals surface area contributed by atoms with Gasteiger partial charge in [0.1, 0.15) is 6.10 Å². The van der Waals surface area contributed by atoms with Crippen LogP contribution < -0.4 is 0 Å². The number of hydrogen-bond acceptors (Lipinski definition) is 5. The fourth-order valence-corrected chi connectivity index (χ4v) is 3.32. The highest BCUT2D eigenvalue weighted by atomic mass is 16.5. The highest BCUT2D eigenvalue weighted by molar-refractivity contribution is 6.02. The summed E-state index contributed by atoms with van der Waals surface area (Å²) in [6, 6.07) is 21.4. The van der Waals surface area contributed by atoms with Gasteiger partial charge in [-0.05, 0) is 36.2 Å². The zero-order chi connectivity index (χ0) is 25.8. The number of carboxylic acid groups (broad SMARTS) is 3. The molecule has 0 spiro atoms. The lowest BCUT2D eigenvalue weighted by molar-refractivity contribution is 0.0276. The van der Waals surface area contributed by atoms with Crippen LogP contribution >= 0.6 is 0 Å². The van der Waals surface area contributed by atoms with Crippen molar-refractivity contribution in [2.45, 2.75) is 32.3 Å².